The van der Waals surface area contributed by atoms with Crippen LogP contribution in [-0.2, 0) is 17.5 Å². The normalized spacial score (nSPS) is 16.6. The molecule has 0 saturated carbocycles. The molecule has 0 radical (unpaired) electrons. The number of carbonyl (C=O) groups excluding carboxylic acids is 2. The van der Waals surface area contributed by atoms with Gasteiger partial charge in [-0.15, -0.1) is 0 Å². The van der Waals surface area contributed by atoms with Crippen molar-refractivity contribution in [2.75, 3.05) is 25.5 Å². The number of benzene rings is 2. The molecular weight excluding hydrogens is 437 g/mol. The molecule has 2 amide bonds. The predicted molar refractivity (Wildman–Crippen MR) is 116 cm³/mol. The monoisotopic (exact) mass is 460 g/mol. The van der Waals surface area contributed by atoms with Gasteiger partial charge in [-0.2, -0.15) is 13.2 Å². The van der Waals surface area contributed by atoms with E-state index in [9.17, 15) is 27.9 Å². The number of aryl methyl sites for hydroxylation is 1. The molecule has 1 aliphatic rings. The lowest BCUT2D eigenvalue weighted by Crippen LogP contribution is -2.21. The number of aliphatic hydroxyl groups excluding tert-OH is 1. The van der Waals surface area contributed by atoms with E-state index in [2.05, 4.69) is 10.3 Å². The van der Waals surface area contributed by atoms with Crippen molar-refractivity contribution in [1.82, 2.24) is 14.5 Å². The predicted octanol–water partition coefficient (Wildman–Crippen LogP) is 3.64. The first-order valence-corrected chi connectivity index (χ1v) is 10.5. The Bertz CT molecular complexity index is 1210. The molecule has 2 heterocycles. The number of rotatable bonds is 6. The summed E-state index contributed by atoms with van der Waals surface area (Å²) in [4.78, 5) is 31.3. The lowest BCUT2D eigenvalue weighted by Gasteiger charge is -2.12. The number of likely N-dealkylation sites (N-methyl/N-ethyl adjacent to an activating group) is 1. The Morgan fingerprint density at radius 1 is 1.24 bits per heavy atom. The summed E-state index contributed by atoms with van der Waals surface area (Å²) >= 11 is 0. The van der Waals surface area contributed by atoms with Crippen LogP contribution in [0.15, 0.2) is 42.5 Å². The fraction of sp³-hybridized carbons (Fsp3) is 0.348. The fourth-order valence-electron chi connectivity index (χ4n) is 4.06. The van der Waals surface area contributed by atoms with Gasteiger partial charge < -0.3 is 14.6 Å². The van der Waals surface area contributed by atoms with Gasteiger partial charge in [-0.1, -0.05) is 12.1 Å². The average Bonchev–Trinajstić information content (AvgIpc) is 3.30. The maximum absolute atomic E-state index is 13.0. The number of imidazole rings is 1. The molecule has 1 fully saturated rings. The largest absolute Gasteiger partial charge is 0.416 e. The van der Waals surface area contributed by atoms with E-state index in [1.807, 2.05) is 6.07 Å². The summed E-state index contributed by atoms with van der Waals surface area (Å²) in [6.45, 7) is 0.933. The highest BCUT2D eigenvalue weighted by molar-refractivity contribution is 6.04. The van der Waals surface area contributed by atoms with Crippen molar-refractivity contribution in [3.8, 4) is 0 Å². The van der Waals surface area contributed by atoms with Gasteiger partial charge in [0.2, 0.25) is 11.9 Å². The number of alkyl halides is 3. The topological polar surface area (TPSA) is 87.5 Å². The van der Waals surface area contributed by atoms with Crippen LogP contribution in [0.3, 0.4) is 0 Å². The number of nitrogens with zero attached hydrogens (tertiary/aromatic N) is 3. The van der Waals surface area contributed by atoms with Gasteiger partial charge in [0.1, 0.15) is 0 Å². The maximum Gasteiger partial charge on any atom is 0.416 e. The van der Waals surface area contributed by atoms with E-state index in [1.165, 1.54) is 12.1 Å². The maximum atomic E-state index is 13.0. The van der Waals surface area contributed by atoms with E-state index in [1.54, 1.807) is 28.6 Å². The van der Waals surface area contributed by atoms with Gasteiger partial charge in [-0.25, -0.2) is 4.98 Å². The Morgan fingerprint density at radius 2 is 2.03 bits per heavy atom. The highest BCUT2D eigenvalue weighted by atomic mass is 19.4. The van der Waals surface area contributed by atoms with Gasteiger partial charge in [-0.3, -0.25) is 14.9 Å². The number of hydrogen-bond donors (Lipinski definition) is 2. The average molecular weight is 460 g/mol. The minimum absolute atomic E-state index is 0.0344. The number of aliphatic hydroxyl groups is 1. The van der Waals surface area contributed by atoms with Crippen LogP contribution < -0.4 is 5.32 Å². The van der Waals surface area contributed by atoms with Crippen LogP contribution in [0.25, 0.3) is 11.0 Å². The Morgan fingerprint density at radius 3 is 2.70 bits per heavy atom. The van der Waals surface area contributed by atoms with Crippen LogP contribution in [-0.4, -0.2) is 51.6 Å². The zero-order valence-electron chi connectivity index (χ0n) is 17.9. The number of likely N-dealkylation sites (tertiary alicyclic amines) is 1. The molecule has 33 heavy (non-hydrogen) atoms. The lowest BCUT2D eigenvalue weighted by molar-refractivity contribution is -0.137. The molecule has 0 unspecified atom stereocenters. The third-order valence-corrected chi connectivity index (χ3v) is 5.82. The lowest BCUT2D eigenvalue weighted by atomic mass is 9.97. The number of anilines is 1. The van der Waals surface area contributed by atoms with Crippen molar-refractivity contribution in [3.05, 3.63) is 59.2 Å². The second kappa shape index (κ2) is 8.86. The number of aromatic nitrogens is 2. The van der Waals surface area contributed by atoms with E-state index >= 15 is 0 Å². The molecule has 2 N–H and O–H groups in total. The molecule has 174 valence electrons. The molecule has 0 spiro atoms. The Balaban J connectivity index is 1.67. The summed E-state index contributed by atoms with van der Waals surface area (Å²) < 4.78 is 40.8. The standard InChI is InChI=1S/C23H23F3N4O3/c1-29-10-8-17(21(29)33)14-6-7-19-18(13-14)27-22(30(19)9-3-11-31)28-20(32)15-4-2-5-16(12-15)23(24,25)26/h2,4-7,12-13,17,31H,3,8-11H2,1H3,(H,27,28,32)/t17-/m0/s1. The van der Waals surface area contributed by atoms with E-state index in [4.69, 9.17) is 0 Å². The summed E-state index contributed by atoms with van der Waals surface area (Å²) in [6, 6.07) is 9.61. The molecule has 1 aromatic heterocycles. The van der Waals surface area contributed by atoms with Crippen molar-refractivity contribution in [2.24, 2.45) is 0 Å². The van der Waals surface area contributed by atoms with E-state index in [0.29, 0.717) is 37.0 Å². The van der Waals surface area contributed by atoms with Crippen molar-refractivity contribution in [3.63, 3.8) is 0 Å². The molecule has 1 saturated heterocycles. The molecule has 0 bridgehead atoms. The van der Waals surface area contributed by atoms with Crippen LogP contribution in [0, 0.1) is 0 Å². The third-order valence-electron chi connectivity index (χ3n) is 5.82. The van der Waals surface area contributed by atoms with Crippen molar-refractivity contribution in [1.29, 1.82) is 0 Å². The molecule has 1 atom stereocenters. The van der Waals surface area contributed by atoms with Crippen LogP contribution >= 0.6 is 0 Å². The zero-order chi connectivity index (χ0) is 23.8. The molecule has 1 aliphatic heterocycles. The third kappa shape index (κ3) is 4.56. The molecule has 3 aromatic rings. The van der Waals surface area contributed by atoms with Gasteiger partial charge in [0.15, 0.2) is 0 Å². The molecule has 4 rings (SSSR count). The molecule has 10 heteroatoms. The van der Waals surface area contributed by atoms with Gasteiger partial charge in [0, 0.05) is 32.3 Å². The van der Waals surface area contributed by atoms with Gasteiger partial charge >= 0.3 is 6.18 Å². The smallest absolute Gasteiger partial charge is 0.396 e. The second-order valence-electron chi connectivity index (χ2n) is 8.05. The summed E-state index contributed by atoms with van der Waals surface area (Å²) in [5.74, 6) is -0.792. The highest BCUT2D eigenvalue weighted by Crippen LogP contribution is 2.32. The Labute approximate surface area is 187 Å². The molecule has 0 aliphatic carbocycles. The minimum Gasteiger partial charge on any atom is -0.396 e. The number of carbonyl (C=O) groups is 2. The van der Waals surface area contributed by atoms with Crippen molar-refractivity contribution >= 4 is 28.8 Å². The van der Waals surface area contributed by atoms with E-state index < -0.39 is 17.6 Å². The first-order valence-electron chi connectivity index (χ1n) is 10.5. The van der Waals surface area contributed by atoms with Crippen molar-refractivity contribution in [2.45, 2.75) is 31.5 Å². The molecule has 2 aromatic carbocycles. The fourth-order valence-corrected chi connectivity index (χ4v) is 4.06. The van der Waals surface area contributed by atoms with Gasteiger partial charge in [0.25, 0.3) is 5.91 Å². The summed E-state index contributed by atoms with van der Waals surface area (Å²) in [6.07, 6.45) is -3.47. The van der Waals surface area contributed by atoms with Crippen LogP contribution in [0.1, 0.15) is 40.2 Å². The number of hydrogen-bond acceptors (Lipinski definition) is 4. The Kier molecular flexibility index (Phi) is 6.11. The summed E-state index contributed by atoms with van der Waals surface area (Å²) in [5.41, 5.74) is 0.988. The van der Waals surface area contributed by atoms with Crippen LogP contribution in [0.5, 0.6) is 0 Å². The Hall–Kier alpha value is -3.40. The molecular formula is C23H23F3N4O3. The first kappa shape index (κ1) is 22.8. The summed E-state index contributed by atoms with van der Waals surface area (Å²) in [7, 11) is 1.76. The number of halogens is 3. The van der Waals surface area contributed by atoms with Gasteiger partial charge in [0.05, 0.1) is 22.5 Å². The van der Waals surface area contributed by atoms with Gasteiger partial charge in [-0.05, 0) is 48.7 Å². The summed E-state index contributed by atoms with van der Waals surface area (Å²) in [5, 5.41) is 11.9. The number of amides is 2. The van der Waals surface area contributed by atoms with Crippen LogP contribution in [0.2, 0.25) is 0 Å². The SMILES string of the molecule is CN1CC[C@@H](c2ccc3c(c2)nc(NC(=O)c2cccc(C(F)(F)F)c2)n3CCCO)C1=O. The van der Waals surface area contributed by atoms with Crippen LogP contribution in [0.4, 0.5) is 19.1 Å². The number of nitrogens with one attached hydrogen (secondary N) is 1. The van der Waals surface area contributed by atoms with E-state index in [-0.39, 0.29) is 29.9 Å². The minimum atomic E-state index is -4.56. The molecule has 7 nitrogen and oxygen atoms in total. The quantitative estimate of drug-likeness (QED) is 0.588. The second-order valence-corrected chi connectivity index (χ2v) is 8.05. The van der Waals surface area contributed by atoms with E-state index in [0.717, 1.165) is 17.7 Å². The zero-order valence-corrected chi connectivity index (χ0v) is 17.9. The first-order chi connectivity index (χ1) is 15.7. The number of fused-ring (bicyclic) bond motifs is 1. The van der Waals surface area contributed by atoms with Crippen molar-refractivity contribution < 1.29 is 27.9 Å². The highest BCUT2D eigenvalue weighted by Gasteiger charge is 2.32.